The van der Waals surface area contributed by atoms with Gasteiger partial charge in [-0.05, 0) is 72.8 Å². The Kier molecular flexibility index (Phi) is 5.59. The molecule has 2 heterocycles. The van der Waals surface area contributed by atoms with Gasteiger partial charge < -0.3 is 14.6 Å². The number of alkyl halides is 2. The second-order valence-corrected chi connectivity index (χ2v) is 12.7. The number of hydroxylamine groups is 2. The van der Waals surface area contributed by atoms with Crippen molar-refractivity contribution < 1.29 is 37.8 Å². The highest BCUT2D eigenvalue weighted by Crippen LogP contribution is 2.78. The first-order valence-electron chi connectivity index (χ1n) is 13.4. The van der Waals surface area contributed by atoms with Crippen molar-refractivity contribution in [2.24, 2.45) is 33.5 Å². The smallest absolute Gasteiger partial charge is 0.178 e. The van der Waals surface area contributed by atoms with E-state index in [4.69, 9.17) is 9.25 Å². The number of aliphatic hydroxyl groups is 2. The van der Waals surface area contributed by atoms with Gasteiger partial charge in [0.15, 0.2) is 17.2 Å². The molecule has 1 aromatic rings. The van der Waals surface area contributed by atoms with Crippen molar-refractivity contribution >= 4 is 11.6 Å². The first kappa shape index (κ1) is 26.0. The fourth-order valence-corrected chi connectivity index (χ4v) is 9.41. The maximum atomic E-state index is 17.7. The van der Waals surface area contributed by atoms with E-state index in [0.29, 0.717) is 25.3 Å². The summed E-state index contributed by atoms with van der Waals surface area (Å²) in [6.07, 6.45) is 2.49. The normalized spacial score (nSPS) is 48.1. The zero-order valence-electron chi connectivity index (χ0n) is 22.0. The average molecular weight is 532 g/mol. The van der Waals surface area contributed by atoms with Gasteiger partial charge in [0.1, 0.15) is 18.5 Å². The number of ketones is 2. The summed E-state index contributed by atoms with van der Waals surface area (Å²) < 4.78 is 39.0. The predicted octanol–water partition coefficient (Wildman–Crippen LogP) is 3.51. The van der Waals surface area contributed by atoms with Crippen molar-refractivity contribution in [3.8, 4) is 0 Å². The van der Waals surface area contributed by atoms with Gasteiger partial charge >= 0.3 is 0 Å². The lowest BCUT2D eigenvalue weighted by Gasteiger charge is -2.67. The van der Waals surface area contributed by atoms with E-state index in [0.717, 1.165) is 0 Å². The quantitative estimate of drug-likeness (QED) is 0.613. The monoisotopic (exact) mass is 531 g/mol. The van der Waals surface area contributed by atoms with Gasteiger partial charge in [0.2, 0.25) is 0 Å². The largest absolute Gasteiger partial charge is 0.468 e. The Hall–Kier alpha value is -2.20. The molecule has 1 aliphatic heterocycles. The number of Topliss-reactive ketones (excluding diaryl/α,β-unsaturated/α-hetero) is 1. The summed E-state index contributed by atoms with van der Waals surface area (Å²) in [6, 6.07) is 3.60. The Labute approximate surface area is 220 Å². The van der Waals surface area contributed by atoms with Crippen LogP contribution in [0.4, 0.5) is 8.78 Å². The Morgan fingerprint density at radius 1 is 1.26 bits per heavy atom. The van der Waals surface area contributed by atoms with E-state index in [9.17, 15) is 19.8 Å². The third-order valence-electron chi connectivity index (χ3n) is 11.5. The van der Waals surface area contributed by atoms with E-state index in [1.807, 2.05) is 19.9 Å². The molecule has 0 bridgehead atoms. The lowest BCUT2D eigenvalue weighted by Crippen LogP contribution is -2.73. The Morgan fingerprint density at radius 2 is 2.03 bits per heavy atom. The third kappa shape index (κ3) is 2.91. The molecule has 7 nitrogen and oxygen atoms in total. The molecule has 4 aliphatic carbocycles. The minimum Gasteiger partial charge on any atom is -0.468 e. The number of hydrogen-bond donors (Lipinski definition) is 2. The zero-order chi connectivity index (χ0) is 27.3. The molecular formula is C29H35F2NO6. The molecule has 6 rings (SSSR count). The maximum Gasteiger partial charge on any atom is 0.178 e. The minimum absolute atomic E-state index is 0.0293. The molecule has 9 heteroatoms. The first-order valence-corrected chi connectivity index (χ1v) is 13.4. The number of aliphatic hydroxyl groups excluding tert-OH is 2. The molecule has 0 spiro atoms. The summed E-state index contributed by atoms with van der Waals surface area (Å²) in [6.45, 7) is 5.34. The molecular weight excluding hydrogens is 496 g/mol. The molecule has 1 aromatic heterocycles. The second kappa shape index (κ2) is 8.16. The van der Waals surface area contributed by atoms with Gasteiger partial charge in [-0.25, -0.2) is 8.78 Å². The average Bonchev–Trinajstić information content (AvgIpc) is 3.45. The highest BCUT2D eigenvalue weighted by molar-refractivity contribution is 6.01. The predicted molar refractivity (Wildman–Crippen MR) is 132 cm³/mol. The van der Waals surface area contributed by atoms with Crippen LogP contribution >= 0.6 is 0 Å². The Bertz CT molecular complexity index is 1230. The van der Waals surface area contributed by atoms with E-state index in [-0.39, 0.29) is 30.9 Å². The van der Waals surface area contributed by atoms with Gasteiger partial charge in [-0.2, -0.15) is 5.06 Å². The fourth-order valence-electron chi connectivity index (χ4n) is 9.41. The fraction of sp³-hybridized carbons (Fsp3) is 0.655. The van der Waals surface area contributed by atoms with E-state index >= 15 is 8.78 Å². The number of allylic oxidation sites excluding steroid dienone is 4. The summed E-state index contributed by atoms with van der Waals surface area (Å²) in [5.41, 5.74) is -6.75. The number of furan rings is 1. The van der Waals surface area contributed by atoms with Crippen molar-refractivity contribution in [3.05, 3.63) is 48.0 Å². The van der Waals surface area contributed by atoms with Gasteiger partial charge in [-0.15, -0.1) is 0 Å². The lowest BCUT2D eigenvalue weighted by molar-refractivity contribution is -0.278. The molecule has 0 amide bonds. The van der Waals surface area contributed by atoms with Crippen LogP contribution in [0, 0.1) is 33.5 Å². The SMILES string of the molecule is C[C@]12C[C@H](O)[C@@]3(F)[C@@H](C[C@H](F)C4=CC(=O)C=C[C@@]43C)[C@]1(C)C[C@H]1CN(Cc3ccco3)OC[C@]12C(=O)CO. The summed E-state index contributed by atoms with van der Waals surface area (Å²) in [5, 5.41) is 23.5. The number of hydrogen-bond acceptors (Lipinski definition) is 7. The maximum absolute atomic E-state index is 17.7. The molecule has 206 valence electrons. The van der Waals surface area contributed by atoms with Crippen LogP contribution < -0.4 is 0 Å². The van der Waals surface area contributed by atoms with E-state index in [1.165, 1.54) is 18.2 Å². The van der Waals surface area contributed by atoms with Gasteiger partial charge in [0, 0.05) is 17.9 Å². The van der Waals surface area contributed by atoms with Gasteiger partial charge in [0.25, 0.3) is 0 Å². The molecule has 0 unspecified atom stereocenters. The Balaban J connectivity index is 1.46. The summed E-state index contributed by atoms with van der Waals surface area (Å²) in [5.74, 6) is -1.35. The molecule has 0 aromatic carbocycles. The first-order chi connectivity index (χ1) is 17.9. The molecule has 9 atom stereocenters. The van der Waals surface area contributed by atoms with Crippen LogP contribution in [0.1, 0.15) is 45.8 Å². The van der Waals surface area contributed by atoms with Crippen LogP contribution in [0.5, 0.6) is 0 Å². The molecule has 1 saturated heterocycles. The number of fused-ring (bicyclic) bond motifs is 7. The minimum atomic E-state index is -2.25. The van der Waals surface area contributed by atoms with Crippen molar-refractivity contribution in [1.29, 1.82) is 0 Å². The number of carbonyl (C=O) groups is 2. The summed E-state index contributed by atoms with van der Waals surface area (Å²) in [4.78, 5) is 31.9. The standard InChI is InChI=1S/C29H35F2NO6/c1-25-7-6-18(34)9-20(25)21(30)10-22-26(2)11-17-13-32(14-19-5-4-8-37-19)38-16-28(17,24(36)15-33)27(26,3)12-23(35)29(22,25)31/h4-9,17,21-23,33,35H,10-16H2,1-3H3/t17-,21-,22-,23-,25-,26-,27-,28+,29-/m0/s1. The lowest BCUT2D eigenvalue weighted by atomic mass is 9.38. The topological polar surface area (TPSA) is 100 Å². The zero-order valence-corrected chi connectivity index (χ0v) is 22.0. The van der Waals surface area contributed by atoms with E-state index < -0.39 is 63.7 Å². The second-order valence-electron chi connectivity index (χ2n) is 12.7. The van der Waals surface area contributed by atoms with Crippen molar-refractivity contribution in [2.75, 3.05) is 19.8 Å². The number of nitrogens with zero attached hydrogens (tertiary/aromatic N) is 1. The number of carbonyl (C=O) groups excluding carboxylic acids is 2. The van der Waals surface area contributed by atoms with Gasteiger partial charge in [-0.1, -0.05) is 19.9 Å². The van der Waals surface area contributed by atoms with Gasteiger partial charge in [-0.3, -0.25) is 14.4 Å². The summed E-state index contributed by atoms with van der Waals surface area (Å²) in [7, 11) is 0. The third-order valence-corrected chi connectivity index (χ3v) is 11.5. The van der Waals surface area contributed by atoms with E-state index in [1.54, 1.807) is 24.3 Å². The van der Waals surface area contributed by atoms with Crippen LogP contribution in [-0.2, 0) is 21.0 Å². The van der Waals surface area contributed by atoms with Crippen molar-refractivity contribution in [2.45, 2.75) is 64.5 Å². The highest BCUT2D eigenvalue weighted by Gasteiger charge is 2.81. The van der Waals surface area contributed by atoms with Crippen molar-refractivity contribution in [3.63, 3.8) is 0 Å². The molecule has 5 aliphatic rings. The van der Waals surface area contributed by atoms with E-state index in [2.05, 4.69) is 0 Å². The molecule has 0 radical (unpaired) electrons. The van der Waals surface area contributed by atoms with Crippen LogP contribution in [0.2, 0.25) is 0 Å². The molecule has 4 fully saturated rings. The highest BCUT2D eigenvalue weighted by atomic mass is 19.1. The van der Waals surface area contributed by atoms with Gasteiger partial charge in [0.05, 0.1) is 30.9 Å². The molecule has 38 heavy (non-hydrogen) atoms. The molecule has 3 saturated carbocycles. The van der Waals surface area contributed by atoms with Crippen LogP contribution in [0.25, 0.3) is 0 Å². The number of halogens is 2. The Morgan fingerprint density at radius 3 is 2.71 bits per heavy atom. The van der Waals surface area contributed by atoms with Crippen LogP contribution in [0.3, 0.4) is 0 Å². The van der Waals surface area contributed by atoms with Crippen LogP contribution in [0.15, 0.2) is 46.6 Å². The molecule has 2 N–H and O–H groups in total. The van der Waals surface area contributed by atoms with Crippen molar-refractivity contribution in [1.82, 2.24) is 5.06 Å². The van der Waals surface area contributed by atoms with Crippen LogP contribution in [-0.4, -0.2) is 64.5 Å². The number of rotatable bonds is 4. The summed E-state index contributed by atoms with van der Waals surface area (Å²) >= 11 is 0.